The molecular formula is C17H18N2O5S. The van der Waals surface area contributed by atoms with Crippen LogP contribution >= 0.6 is 0 Å². The van der Waals surface area contributed by atoms with Gasteiger partial charge in [0, 0.05) is 18.2 Å². The Morgan fingerprint density at radius 2 is 1.96 bits per heavy atom. The molecule has 0 unspecified atom stereocenters. The van der Waals surface area contributed by atoms with Crippen LogP contribution in [0.2, 0.25) is 0 Å². The fourth-order valence-corrected chi connectivity index (χ4v) is 5.01. The average Bonchev–Trinajstić information content (AvgIpc) is 2.60. The number of ether oxygens (including phenoxy) is 1. The second kappa shape index (κ2) is 6.36. The summed E-state index contributed by atoms with van der Waals surface area (Å²) >= 11 is 0. The first kappa shape index (κ1) is 17.2. The van der Waals surface area contributed by atoms with Gasteiger partial charge in [-0.05, 0) is 37.5 Å². The Hall–Kier alpha value is -2.61. The zero-order chi connectivity index (χ0) is 18.2. The lowest BCUT2D eigenvalue weighted by atomic mass is 9.99. The average molecular weight is 362 g/mol. The van der Waals surface area contributed by atoms with Crippen molar-refractivity contribution in [3.05, 3.63) is 58.1 Å². The number of fused-ring (bicyclic) bond motifs is 1. The Kier molecular flexibility index (Phi) is 4.38. The van der Waals surface area contributed by atoms with Gasteiger partial charge in [-0.1, -0.05) is 18.2 Å². The van der Waals surface area contributed by atoms with Gasteiger partial charge in [-0.15, -0.1) is 0 Å². The molecule has 25 heavy (non-hydrogen) atoms. The van der Waals surface area contributed by atoms with Gasteiger partial charge < -0.3 is 4.74 Å². The second-order valence-corrected chi connectivity index (χ2v) is 7.69. The maximum atomic E-state index is 13.3. The molecule has 3 rings (SSSR count). The molecule has 0 aliphatic carbocycles. The van der Waals surface area contributed by atoms with E-state index < -0.39 is 14.9 Å². The summed E-state index contributed by atoms with van der Waals surface area (Å²) in [5, 5.41) is 11.1. The smallest absolute Gasteiger partial charge is 0.271 e. The molecule has 0 bridgehead atoms. The highest BCUT2D eigenvalue weighted by Crippen LogP contribution is 2.38. The zero-order valence-electron chi connectivity index (χ0n) is 13.9. The number of para-hydroxylation sites is 1. The van der Waals surface area contributed by atoms with Crippen LogP contribution in [0.1, 0.15) is 18.9 Å². The largest absolute Gasteiger partial charge is 0.495 e. The van der Waals surface area contributed by atoms with Gasteiger partial charge in [0.2, 0.25) is 0 Å². The first-order chi connectivity index (χ1) is 11.9. The van der Waals surface area contributed by atoms with E-state index in [1.54, 1.807) is 12.1 Å². The number of methoxy groups -OCH3 is 1. The Morgan fingerprint density at radius 3 is 2.64 bits per heavy atom. The lowest BCUT2D eigenvalue weighted by Crippen LogP contribution is -2.42. The van der Waals surface area contributed by atoms with E-state index in [2.05, 4.69) is 0 Å². The first-order valence-corrected chi connectivity index (χ1v) is 9.25. The van der Waals surface area contributed by atoms with E-state index in [1.165, 1.54) is 23.5 Å². The minimum Gasteiger partial charge on any atom is -0.495 e. The lowest BCUT2D eigenvalue weighted by Gasteiger charge is -2.36. The summed E-state index contributed by atoms with van der Waals surface area (Å²) < 4.78 is 33.2. The van der Waals surface area contributed by atoms with E-state index in [9.17, 15) is 18.5 Å². The third kappa shape index (κ3) is 2.93. The molecule has 1 atom stereocenters. The predicted molar refractivity (Wildman–Crippen MR) is 93.5 cm³/mol. The molecule has 1 aliphatic rings. The van der Waals surface area contributed by atoms with Crippen molar-refractivity contribution in [3.8, 4) is 5.75 Å². The van der Waals surface area contributed by atoms with E-state index in [0.29, 0.717) is 12.1 Å². The lowest BCUT2D eigenvalue weighted by molar-refractivity contribution is -0.385. The van der Waals surface area contributed by atoms with E-state index in [0.717, 1.165) is 18.1 Å². The number of anilines is 1. The van der Waals surface area contributed by atoms with Crippen molar-refractivity contribution in [1.82, 2.24) is 0 Å². The van der Waals surface area contributed by atoms with E-state index in [4.69, 9.17) is 4.74 Å². The van der Waals surface area contributed by atoms with Crippen LogP contribution in [0.3, 0.4) is 0 Å². The summed E-state index contributed by atoms with van der Waals surface area (Å²) in [5.74, 6) is 0.0841. The van der Waals surface area contributed by atoms with Crippen molar-refractivity contribution in [1.29, 1.82) is 0 Å². The molecule has 0 fully saturated rings. The number of aryl methyl sites for hydroxylation is 1. The number of hydrogen-bond donors (Lipinski definition) is 0. The maximum Gasteiger partial charge on any atom is 0.271 e. The summed E-state index contributed by atoms with van der Waals surface area (Å²) in [6.07, 6.45) is 1.46. The van der Waals surface area contributed by atoms with Crippen LogP contribution in [0, 0.1) is 10.1 Å². The number of nitro benzene ring substituents is 1. The Labute approximate surface area is 146 Å². The van der Waals surface area contributed by atoms with Crippen LogP contribution in [-0.2, 0) is 16.4 Å². The standard InChI is InChI=1S/C17H18N2O5S/c1-12-7-8-13-5-3-4-6-15(13)18(12)25(22,23)17-11-14(19(20)21)9-10-16(17)24-2/h3-6,9-12H,7-8H2,1-2H3/t12-/m1/s1. The monoisotopic (exact) mass is 362 g/mol. The molecule has 2 aromatic carbocycles. The van der Waals surface area contributed by atoms with Gasteiger partial charge in [-0.2, -0.15) is 0 Å². The second-order valence-electron chi connectivity index (χ2n) is 5.91. The quantitative estimate of drug-likeness (QED) is 0.616. The third-order valence-electron chi connectivity index (χ3n) is 4.36. The predicted octanol–water partition coefficient (Wildman–Crippen LogP) is 3.13. The van der Waals surface area contributed by atoms with E-state index >= 15 is 0 Å². The number of nitrogens with zero attached hydrogens (tertiary/aromatic N) is 2. The Bertz CT molecular complexity index is 926. The maximum absolute atomic E-state index is 13.3. The van der Waals surface area contributed by atoms with E-state index in [-0.39, 0.29) is 22.4 Å². The van der Waals surface area contributed by atoms with Gasteiger partial charge in [-0.25, -0.2) is 8.42 Å². The van der Waals surface area contributed by atoms with E-state index in [1.807, 2.05) is 19.1 Å². The van der Waals surface area contributed by atoms with Crippen LogP contribution in [0.15, 0.2) is 47.4 Å². The molecule has 0 amide bonds. The van der Waals surface area contributed by atoms with Crippen LogP contribution in [-0.4, -0.2) is 26.5 Å². The van der Waals surface area contributed by atoms with Crippen molar-refractivity contribution >= 4 is 21.4 Å². The summed E-state index contributed by atoms with van der Waals surface area (Å²) in [7, 11) is -2.68. The summed E-state index contributed by atoms with van der Waals surface area (Å²) in [6, 6.07) is 10.6. The van der Waals surface area contributed by atoms with Gasteiger partial charge in [0.1, 0.15) is 10.6 Å². The minimum atomic E-state index is -4.02. The van der Waals surface area contributed by atoms with Gasteiger partial charge in [0.05, 0.1) is 17.7 Å². The molecule has 0 spiro atoms. The summed E-state index contributed by atoms with van der Waals surface area (Å²) in [4.78, 5) is 10.3. The first-order valence-electron chi connectivity index (χ1n) is 7.81. The normalized spacial score (nSPS) is 17.0. The SMILES string of the molecule is COc1ccc([N+](=O)[O-])cc1S(=O)(=O)N1c2ccccc2CC[C@H]1C. The molecule has 8 heteroatoms. The number of rotatable bonds is 4. The molecule has 1 heterocycles. The third-order valence-corrected chi connectivity index (χ3v) is 6.31. The number of hydrogen-bond acceptors (Lipinski definition) is 5. The van der Waals surface area contributed by atoms with Crippen LogP contribution in [0.25, 0.3) is 0 Å². The van der Waals surface area contributed by atoms with Crippen molar-refractivity contribution in [2.75, 3.05) is 11.4 Å². The molecule has 0 saturated heterocycles. The molecule has 132 valence electrons. The van der Waals surface area contributed by atoms with Crippen molar-refractivity contribution in [3.63, 3.8) is 0 Å². The molecule has 0 saturated carbocycles. The highest BCUT2D eigenvalue weighted by molar-refractivity contribution is 7.93. The highest BCUT2D eigenvalue weighted by atomic mass is 32.2. The van der Waals surface area contributed by atoms with Gasteiger partial charge >= 0.3 is 0 Å². The molecule has 0 N–H and O–H groups in total. The molecule has 0 aromatic heterocycles. The zero-order valence-corrected chi connectivity index (χ0v) is 14.7. The van der Waals surface area contributed by atoms with Crippen molar-refractivity contribution < 1.29 is 18.1 Å². The van der Waals surface area contributed by atoms with Crippen molar-refractivity contribution in [2.24, 2.45) is 0 Å². The summed E-state index contributed by atoms with van der Waals surface area (Å²) in [5.41, 5.74) is 1.25. The fourth-order valence-electron chi connectivity index (χ4n) is 3.11. The highest BCUT2D eigenvalue weighted by Gasteiger charge is 2.36. The van der Waals surface area contributed by atoms with Crippen LogP contribution in [0.4, 0.5) is 11.4 Å². The molecule has 1 aliphatic heterocycles. The van der Waals surface area contributed by atoms with Crippen LogP contribution < -0.4 is 9.04 Å². The number of benzene rings is 2. The van der Waals surface area contributed by atoms with Gasteiger partial charge in [0.15, 0.2) is 0 Å². The Morgan fingerprint density at radius 1 is 1.24 bits per heavy atom. The molecule has 0 radical (unpaired) electrons. The van der Waals surface area contributed by atoms with Crippen molar-refractivity contribution in [2.45, 2.75) is 30.7 Å². The molecular weight excluding hydrogens is 344 g/mol. The number of sulfonamides is 1. The fraction of sp³-hybridized carbons (Fsp3) is 0.294. The molecule has 2 aromatic rings. The van der Waals surface area contributed by atoms with Gasteiger partial charge in [-0.3, -0.25) is 14.4 Å². The number of nitro groups is 1. The summed E-state index contributed by atoms with van der Waals surface area (Å²) in [6.45, 7) is 1.83. The van der Waals surface area contributed by atoms with Crippen LogP contribution in [0.5, 0.6) is 5.75 Å². The molecule has 7 nitrogen and oxygen atoms in total. The minimum absolute atomic E-state index is 0.0841. The number of non-ortho nitro benzene ring substituents is 1. The van der Waals surface area contributed by atoms with Gasteiger partial charge in [0.25, 0.3) is 15.7 Å². The Balaban J connectivity index is 2.20. The topological polar surface area (TPSA) is 89.7 Å².